The zero-order chi connectivity index (χ0) is 20.0. The Morgan fingerprint density at radius 1 is 1.22 bits per heavy atom. The molecule has 0 aromatic heterocycles. The van der Waals surface area contributed by atoms with Crippen molar-refractivity contribution in [2.75, 3.05) is 24.3 Å². The van der Waals surface area contributed by atoms with Gasteiger partial charge in [0.2, 0.25) is 0 Å². The summed E-state index contributed by atoms with van der Waals surface area (Å²) in [5.41, 5.74) is 2.62. The van der Waals surface area contributed by atoms with Gasteiger partial charge in [-0.3, -0.25) is 14.9 Å². The molecule has 2 N–H and O–H groups in total. The van der Waals surface area contributed by atoms with Gasteiger partial charge in [0.15, 0.2) is 6.61 Å². The van der Waals surface area contributed by atoms with Crippen LogP contribution in [0, 0.1) is 17.0 Å². The number of para-hydroxylation sites is 1. The Hall–Kier alpha value is -3.42. The highest BCUT2D eigenvalue weighted by Gasteiger charge is 2.18. The summed E-state index contributed by atoms with van der Waals surface area (Å²) in [6.45, 7) is 3.37. The molecule has 0 atom stereocenters. The van der Waals surface area contributed by atoms with Crippen molar-refractivity contribution in [3.8, 4) is 0 Å². The van der Waals surface area contributed by atoms with E-state index in [1.165, 1.54) is 12.1 Å². The predicted octanol–water partition coefficient (Wildman–Crippen LogP) is 3.30. The zero-order valence-electron chi connectivity index (χ0n) is 15.4. The number of nitro benzene ring substituents is 1. The lowest BCUT2D eigenvalue weighted by Crippen LogP contribution is -2.22. The number of carbonyl (C=O) groups excluding carboxylic acids is 2. The topological polar surface area (TPSA) is 111 Å². The molecule has 0 unspecified atom stereocenters. The number of ether oxygens (including phenoxy) is 1. The minimum absolute atomic E-state index is 0.00126. The van der Waals surface area contributed by atoms with Gasteiger partial charge in [-0.15, -0.1) is 0 Å². The SMILES string of the molecule is CCc1cccc(C)c1NC(=O)COC(=O)c1ccc(NC)c([N+](=O)[O-])c1. The molecule has 0 radical (unpaired) electrons. The van der Waals surface area contributed by atoms with Gasteiger partial charge in [-0.1, -0.05) is 25.1 Å². The molecule has 0 bridgehead atoms. The summed E-state index contributed by atoms with van der Waals surface area (Å²) in [7, 11) is 1.54. The molecule has 0 heterocycles. The number of nitro groups is 1. The molecule has 0 fully saturated rings. The molecule has 0 aliphatic heterocycles. The van der Waals surface area contributed by atoms with E-state index < -0.39 is 23.4 Å². The molecule has 1 amide bonds. The molecule has 8 heteroatoms. The maximum atomic E-state index is 12.1. The smallest absolute Gasteiger partial charge is 0.338 e. The average Bonchev–Trinajstić information content (AvgIpc) is 2.67. The van der Waals surface area contributed by atoms with Crippen LogP contribution in [0.2, 0.25) is 0 Å². The van der Waals surface area contributed by atoms with E-state index in [-0.39, 0.29) is 16.9 Å². The van der Waals surface area contributed by atoms with Crippen molar-refractivity contribution in [1.82, 2.24) is 0 Å². The Labute approximate surface area is 156 Å². The third-order valence-corrected chi connectivity index (χ3v) is 4.04. The highest BCUT2D eigenvalue weighted by Crippen LogP contribution is 2.25. The van der Waals surface area contributed by atoms with E-state index in [1.807, 2.05) is 32.0 Å². The highest BCUT2D eigenvalue weighted by atomic mass is 16.6. The number of esters is 1. The molecule has 142 valence electrons. The van der Waals surface area contributed by atoms with E-state index in [0.717, 1.165) is 23.6 Å². The van der Waals surface area contributed by atoms with Crippen LogP contribution in [0.3, 0.4) is 0 Å². The van der Waals surface area contributed by atoms with E-state index in [1.54, 1.807) is 7.05 Å². The number of hydrogen-bond donors (Lipinski definition) is 2. The van der Waals surface area contributed by atoms with E-state index in [0.29, 0.717) is 5.69 Å². The number of nitrogens with one attached hydrogen (secondary N) is 2. The first-order valence-electron chi connectivity index (χ1n) is 8.39. The van der Waals surface area contributed by atoms with Gasteiger partial charge in [0, 0.05) is 18.8 Å². The molecule has 8 nitrogen and oxygen atoms in total. The van der Waals surface area contributed by atoms with Crippen LogP contribution in [0.4, 0.5) is 17.1 Å². The highest BCUT2D eigenvalue weighted by molar-refractivity contribution is 5.97. The van der Waals surface area contributed by atoms with E-state index in [2.05, 4.69) is 10.6 Å². The van der Waals surface area contributed by atoms with Crippen molar-refractivity contribution in [2.24, 2.45) is 0 Å². The second-order valence-corrected chi connectivity index (χ2v) is 5.83. The molecule has 27 heavy (non-hydrogen) atoms. The second kappa shape index (κ2) is 8.79. The van der Waals surface area contributed by atoms with Gasteiger partial charge in [-0.05, 0) is 36.6 Å². The van der Waals surface area contributed by atoms with E-state index >= 15 is 0 Å². The molecule has 2 aromatic carbocycles. The van der Waals surface area contributed by atoms with Crippen LogP contribution >= 0.6 is 0 Å². The van der Waals surface area contributed by atoms with Crippen LogP contribution in [0.5, 0.6) is 0 Å². The molecular weight excluding hydrogens is 350 g/mol. The Balaban J connectivity index is 2.05. The van der Waals surface area contributed by atoms with Crippen LogP contribution in [0.25, 0.3) is 0 Å². The number of hydrogen-bond acceptors (Lipinski definition) is 6. The Kier molecular flexibility index (Phi) is 6.48. The number of anilines is 2. The van der Waals surface area contributed by atoms with Crippen LogP contribution in [0.15, 0.2) is 36.4 Å². The van der Waals surface area contributed by atoms with Gasteiger partial charge in [0.1, 0.15) is 5.69 Å². The summed E-state index contributed by atoms with van der Waals surface area (Å²) in [5, 5.41) is 16.5. The Morgan fingerprint density at radius 2 is 1.96 bits per heavy atom. The first-order valence-corrected chi connectivity index (χ1v) is 8.39. The maximum absolute atomic E-state index is 12.1. The monoisotopic (exact) mass is 371 g/mol. The van der Waals surface area contributed by atoms with E-state index in [4.69, 9.17) is 4.74 Å². The Bertz CT molecular complexity index is 880. The summed E-state index contributed by atoms with van der Waals surface area (Å²) in [6.07, 6.45) is 0.749. The summed E-state index contributed by atoms with van der Waals surface area (Å²) in [4.78, 5) is 34.7. The molecular formula is C19H21N3O5. The fourth-order valence-electron chi connectivity index (χ4n) is 2.61. The fraction of sp³-hybridized carbons (Fsp3) is 0.263. The van der Waals surface area contributed by atoms with Gasteiger partial charge < -0.3 is 15.4 Å². The number of aryl methyl sites for hydroxylation is 2. The van der Waals surface area contributed by atoms with Crippen LogP contribution < -0.4 is 10.6 Å². The minimum Gasteiger partial charge on any atom is -0.452 e. The normalized spacial score (nSPS) is 10.2. The first-order chi connectivity index (χ1) is 12.9. The summed E-state index contributed by atoms with van der Waals surface area (Å²) < 4.78 is 4.99. The number of nitrogens with zero attached hydrogens (tertiary/aromatic N) is 1. The average molecular weight is 371 g/mol. The molecule has 2 rings (SSSR count). The summed E-state index contributed by atoms with van der Waals surface area (Å²) in [6, 6.07) is 9.62. The molecule has 0 spiro atoms. The third-order valence-electron chi connectivity index (χ3n) is 4.04. The van der Waals surface area contributed by atoms with Crippen molar-refractivity contribution in [3.05, 3.63) is 63.2 Å². The van der Waals surface area contributed by atoms with E-state index in [9.17, 15) is 19.7 Å². The number of amides is 1. The third kappa shape index (κ3) is 4.81. The number of benzene rings is 2. The van der Waals surface area contributed by atoms with Crippen LogP contribution in [-0.2, 0) is 16.0 Å². The van der Waals surface area contributed by atoms with Gasteiger partial charge >= 0.3 is 5.97 Å². The molecule has 0 aliphatic carbocycles. The van der Waals surface area contributed by atoms with Crippen LogP contribution in [0.1, 0.15) is 28.4 Å². The fourth-order valence-corrected chi connectivity index (χ4v) is 2.61. The predicted molar refractivity (Wildman–Crippen MR) is 102 cm³/mol. The van der Waals surface area contributed by atoms with Gasteiger partial charge in [-0.2, -0.15) is 0 Å². The standard InChI is InChI=1S/C19H21N3O5/c1-4-13-7-5-6-12(2)18(13)21-17(23)11-27-19(24)14-8-9-15(20-3)16(10-14)22(25)26/h5-10,20H,4,11H2,1-3H3,(H,21,23). The summed E-state index contributed by atoms with van der Waals surface area (Å²) >= 11 is 0. The number of carbonyl (C=O) groups is 2. The van der Waals surface area contributed by atoms with Crippen molar-refractivity contribution in [3.63, 3.8) is 0 Å². The van der Waals surface area contributed by atoms with Crippen molar-refractivity contribution in [2.45, 2.75) is 20.3 Å². The first kappa shape index (κ1) is 19.9. The molecule has 0 aliphatic rings. The molecule has 0 saturated carbocycles. The lowest BCUT2D eigenvalue weighted by atomic mass is 10.1. The van der Waals surface area contributed by atoms with Crippen molar-refractivity contribution < 1.29 is 19.2 Å². The van der Waals surface area contributed by atoms with Crippen molar-refractivity contribution in [1.29, 1.82) is 0 Å². The number of rotatable bonds is 7. The van der Waals surface area contributed by atoms with Gasteiger partial charge in [-0.25, -0.2) is 4.79 Å². The molecule has 0 saturated heterocycles. The van der Waals surface area contributed by atoms with Crippen molar-refractivity contribution >= 4 is 28.9 Å². The lowest BCUT2D eigenvalue weighted by molar-refractivity contribution is -0.384. The zero-order valence-corrected chi connectivity index (χ0v) is 15.4. The Morgan fingerprint density at radius 3 is 2.59 bits per heavy atom. The summed E-state index contributed by atoms with van der Waals surface area (Å²) in [5.74, 6) is -1.29. The second-order valence-electron chi connectivity index (χ2n) is 5.83. The lowest BCUT2D eigenvalue weighted by Gasteiger charge is -2.13. The van der Waals surface area contributed by atoms with Gasteiger partial charge in [0.05, 0.1) is 10.5 Å². The minimum atomic E-state index is -0.809. The largest absolute Gasteiger partial charge is 0.452 e. The molecule has 2 aromatic rings. The van der Waals surface area contributed by atoms with Crippen LogP contribution in [-0.4, -0.2) is 30.5 Å². The quantitative estimate of drug-likeness (QED) is 0.439. The van der Waals surface area contributed by atoms with Gasteiger partial charge in [0.25, 0.3) is 11.6 Å². The maximum Gasteiger partial charge on any atom is 0.338 e.